The Labute approximate surface area is 491 Å². The van der Waals surface area contributed by atoms with Gasteiger partial charge in [0.15, 0.2) is 6.10 Å². The minimum atomic E-state index is -4.64. The number of hydrogen-bond donors (Lipinski definition) is 0. The maximum Gasteiger partial charge on any atom is 0.306 e. The largest absolute Gasteiger partial charge is 0.756 e. The van der Waals surface area contributed by atoms with E-state index in [-0.39, 0.29) is 32.0 Å². The third-order valence-electron chi connectivity index (χ3n) is 15.7. The average molecular weight is 1140 g/mol. The zero-order chi connectivity index (χ0) is 57.7. The van der Waals surface area contributed by atoms with Crippen LogP contribution in [0.15, 0.2) is 24.3 Å². The lowest BCUT2D eigenvalue weighted by Gasteiger charge is -2.28. The molecule has 468 valence electrons. The van der Waals surface area contributed by atoms with Gasteiger partial charge < -0.3 is 27.9 Å². The topological polar surface area (TPSA) is 111 Å². The zero-order valence-corrected chi connectivity index (χ0v) is 54.2. The van der Waals surface area contributed by atoms with Gasteiger partial charge in [-0.25, -0.2) is 0 Å². The molecular weight excluding hydrogens is 1000 g/mol. The SMILES string of the molecule is CCCCCCC/C=C\C/C=C\CCCCCCCCCCCCCCCCCCCCCCCC(=O)OC(COC(=O)CCCCCCCCCCCCCCCCCCCCCCCC)COP(=O)([O-])OCC[N+](C)(C)C. The fraction of sp³-hybridized carbons (Fsp3) is 0.913. The van der Waals surface area contributed by atoms with Gasteiger partial charge in [0.2, 0.25) is 0 Å². The van der Waals surface area contributed by atoms with Crippen LogP contribution in [0.2, 0.25) is 0 Å². The number of unbranched alkanes of at least 4 members (excludes halogenated alkanes) is 47. The Kier molecular flexibility index (Phi) is 59.9. The van der Waals surface area contributed by atoms with Gasteiger partial charge in [-0.1, -0.05) is 321 Å². The summed E-state index contributed by atoms with van der Waals surface area (Å²) in [4.78, 5) is 38.0. The molecule has 0 aliphatic rings. The Morgan fingerprint density at radius 3 is 1.00 bits per heavy atom. The first-order valence-corrected chi connectivity index (χ1v) is 36.0. The molecule has 2 unspecified atom stereocenters. The molecule has 10 heteroatoms. The van der Waals surface area contributed by atoms with Crippen molar-refractivity contribution in [2.75, 3.05) is 47.5 Å². The van der Waals surface area contributed by atoms with Gasteiger partial charge in [0.1, 0.15) is 19.8 Å². The molecule has 79 heavy (non-hydrogen) atoms. The number of carbonyl (C=O) groups is 2. The predicted octanol–water partition coefficient (Wildman–Crippen LogP) is 21.5. The first kappa shape index (κ1) is 77.5. The molecule has 0 bridgehead atoms. The standard InChI is InChI=1S/C69H134NO8P/c1-6-8-10-12-14-16-18-20-22-24-26-28-30-31-32-33-34-35-36-37-38-39-40-42-44-46-48-50-52-54-56-58-60-62-69(72)78-67(66-77-79(73,74)76-64-63-70(3,4)5)65-75-68(71)61-59-57-55-53-51-49-47-45-43-41-29-27-25-23-21-19-17-15-13-11-9-7-2/h18,20,24,26,67H,6-17,19,21-23,25,27-66H2,1-5H3/b20-18-,26-24-. The maximum absolute atomic E-state index is 12.9. The second kappa shape index (κ2) is 61.1. The van der Waals surface area contributed by atoms with Gasteiger partial charge >= 0.3 is 11.9 Å². The number of carbonyl (C=O) groups excluding carboxylic acids is 2. The number of allylic oxidation sites excluding steroid dienone is 4. The van der Waals surface area contributed by atoms with E-state index in [4.69, 9.17) is 18.5 Å². The maximum atomic E-state index is 12.9. The molecule has 9 nitrogen and oxygen atoms in total. The van der Waals surface area contributed by atoms with Gasteiger partial charge in [-0.3, -0.25) is 14.2 Å². The highest BCUT2D eigenvalue weighted by molar-refractivity contribution is 7.45. The van der Waals surface area contributed by atoms with E-state index in [1.54, 1.807) is 0 Å². The number of rotatable bonds is 65. The van der Waals surface area contributed by atoms with Crippen molar-refractivity contribution >= 4 is 19.8 Å². The Balaban J connectivity index is 3.98. The van der Waals surface area contributed by atoms with Crippen molar-refractivity contribution < 1.29 is 42.1 Å². The van der Waals surface area contributed by atoms with Crippen molar-refractivity contribution in [2.45, 2.75) is 360 Å². The lowest BCUT2D eigenvalue weighted by Crippen LogP contribution is -2.37. The number of hydrogen-bond acceptors (Lipinski definition) is 8. The number of likely N-dealkylation sites (N-methyl/N-ethyl adjacent to an activating group) is 1. The van der Waals surface area contributed by atoms with Crippen molar-refractivity contribution in [1.29, 1.82) is 0 Å². The molecule has 0 radical (unpaired) electrons. The molecule has 0 aromatic rings. The number of ether oxygens (including phenoxy) is 2. The van der Waals surface area contributed by atoms with E-state index >= 15 is 0 Å². The molecule has 2 atom stereocenters. The van der Waals surface area contributed by atoms with E-state index in [2.05, 4.69) is 38.2 Å². The molecule has 0 aliphatic heterocycles. The van der Waals surface area contributed by atoms with E-state index in [0.717, 1.165) is 38.5 Å². The molecule has 0 amide bonds. The summed E-state index contributed by atoms with van der Waals surface area (Å²) < 4.78 is 34.3. The predicted molar refractivity (Wildman–Crippen MR) is 338 cm³/mol. The van der Waals surface area contributed by atoms with Crippen LogP contribution >= 0.6 is 7.82 Å². The lowest BCUT2D eigenvalue weighted by molar-refractivity contribution is -0.870. The number of nitrogens with zero attached hydrogens (tertiary/aromatic N) is 1. The monoisotopic (exact) mass is 1140 g/mol. The number of quaternary nitrogens is 1. The smallest absolute Gasteiger partial charge is 0.306 e. The number of phosphoric acid groups is 1. The Bertz CT molecular complexity index is 1380. The van der Waals surface area contributed by atoms with Gasteiger partial charge in [0.05, 0.1) is 27.7 Å². The van der Waals surface area contributed by atoms with E-state index in [1.165, 1.54) is 283 Å². The van der Waals surface area contributed by atoms with Crippen molar-refractivity contribution in [3.63, 3.8) is 0 Å². The highest BCUT2D eigenvalue weighted by Gasteiger charge is 2.22. The van der Waals surface area contributed by atoms with Crippen LogP contribution in [0.25, 0.3) is 0 Å². The first-order valence-electron chi connectivity index (χ1n) is 34.5. The zero-order valence-electron chi connectivity index (χ0n) is 53.4. The summed E-state index contributed by atoms with van der Waals surface area (Å²) in [7, 11) is 1.19. The minimum Gasteiger partial charge on any atom is -0.756 e. The van der Waals surface area contributed by atoms with Crippen LogP contribution in [-0.4, -0.2) is 70.0 Å². The van der Waals surface area contributed by atoms with Crippen LogP contribution in [0.4, 0.5) is 0 Å². The van der Waals surface area contributed by atoms with Gasteiger partial charge in [0.25, 0.3) is 7.82 Å². The van der Waals surface area contributed by atoms with Crippen LogP contribution in [-0.2, 0) is 32.7 Å². The quantitative estimate of drug-likeness (QED) is 0.0195. The average Bonchev–Trinajstić information content (AvgIpc) is 3.41. The van der Waals surface area contributed by atoms with Crippen molar-refractivity contribution in [3.8, 4) is 0 Å². The molecule has 0 saturated carbocycles. The summed E-state index contributed by atoms with van der Waals surface area (Å²) in [5.41, 5.74) is 0. The molecule has 0 spiro atoms. The summed E-state index contributed by atoms with van der Waals surface area (Å²) in [6.45, 7) is 4.31. The molecular formula is C69H134NO8P. The molecule has 0 rings (SSSR count). The molecule has 0 heterocycles. The van der Waals surface area contributed by atoms with Crippen LogP contribution in [0.1, 0.15) is 354 Å². The summed E-state index contributed by atoms with van der Waals surface area (Å²) in [6, 6.07) is 0. The van der Waals surface area contributed by atoms with Crippen LogP contribution in [0, 0.1) is 0 Å². The summed E-state index contributed by atoms with van der Waals surface area (Å²) in [5, 5.41) is 0. The fourth-order valence-corrected chi connectivity index (χ4v) is 11.1. The highest BCUT2D eigenvalue weighted by Crippen LogP contribution is 2.38. The van der Waals surface area contributed by atoms with Gasteiger partial charge in [-0.15, -0.1) is 0 Å². The molecule has 0 N–H and O–H groups in total. The van der Waals surface area contributed by atoms with Crippen LogP contribution in [0.3, 0.4) is 0 Å². The lowest BCUT2D eigenvalue weighted by atomic mass is 10.0. The Morgan fingerprint density at radius 2 is 0.684 bits per heavy atom. The van der Waals surface area contributed by atoms with Crippen LogP contribution < -0.4 is 4.89 Å². The number of phosphoric ester groups is 1. The summed E-state index contributed by atoms with van der Waals surface area (Å²) >= 11 is 0. The van der Waals surface area contributed by atoms with E-state index in [1.807, 2.05) is 21.1 Å². The first-order chi connectivity index (χ1) is 38.5. The van der Waals surface area contributed by atoms with Crippen molar-refractivity contribution in [2.24, 2.45) is 0 Å². The normalized spacial score (nSPS) is 13.2. The third-order valence-corrected chi connectivity index (χ3v) is 16.7. The second-order valence-electron chi connectivity index (χ2n) is 24.9. The minimum absolute atomic E-state index is 0.0266. The van der Waals surface area contributed by atoms with E-state index in [9.17, 15) is 19.0 Å². The Morgan fingerprint density at radius 1 is 0.392 bits per heavy atom. The second-order valence-corrected chi connectivity index (χ2v) is 26.3. The van der Waals surface area contributed by atoms with Gasteiger partial charge in [-0.2, -0.15) is 0 Å². The molecule has 0 aliphatic carbocycles. The van der Waals surface area contributed by atoms with E-state index in [0.29, 0.717) is 17.4 Å². The molecule has 0 saturated heterocycles. The van der Waals surface area contributed by atoms with Crippen molar-refractivity contribution in [3.05, 3.63) is 24.3 Å². The molecule has 0 aromatic heterocycles. The van der Waals surface area contributed by atoms with Crippen LogP contribution in [0.5, 0.6) is 0 Å². The molecule has 0 fully saturated rings. The highest BCUT2D eigenvalue weighted by atomic mass is 31.2. The summed E-state index contributed by atoms with van der Waals surface area (Å²) in [5.74, 6) is -0.809. The van der Waals surface area contributed by atoms with Gasteiger partial charge in [-0.05, 0) is 44.9 Å². The summed E-state index contributed by atoms with van der Waals surface area (Å²) in [6.07, 6.45) is 75.5. The van der Waals surface area contributed by atoms with Crippen molar-refractivity contribution in [1.82, 2.24) is 0 Å². The fourth-order valence-electron chi connectivity index (χ4n) is 10.4. The van der Waals surface area contributed by atoms with E-state index < -0.39 is 26.5 Å². The third kappa shape index (κ3) is 65.5. The molecule has 0 aromatic carbocycles. The van der Waals surface area contributed by atoms with Gasteiger partial charge in [0, 0.05) is 12.8 Å². The number of esters is 2. The Hall–Kier alpha value is -1.51.